The number of benzene rings is 2. The van der Waals surface area contributed by atoms with Gasteiger partial charge >= 0.3 is 0 Å². The summed E-state index contributed by atoms with van der Waals surface area (Å²) in [5, 5.41) is 11.8. The van der Waals surface area contributed by atoms with Crippen molar-refractivity contribution in [3.8, 4) is 0 Å². The molecular formula is C22H26N4S. The van der Waals surface area contributed by atoms with E-state index >= 15 is 0 Å². The van der Waals surface area contributed by atoms with Crippen molar-refractivity contribution >= 4 is 28.7 Å². The summed E-state index contributed by atoms with van der Waals surface area (Å²) in [7, 11) is 0. The fourth-order valence-electron chi connectivity index (χ4n) is 3.11. The maximum absolute atomic E-state index is 5.50. The molecule has 0 saturated heterocycles. The van der Waals surface area contributed by atoms with Gasteiger partial charge in [-0.25, -0.2) is 0 Å². The summed E-state index contributed by atoms with van der Waals surface area (Å²) in [5.74, 6) is 0. The van der Waals surface area contributed by atoms with E-state index in [0.29, 0.717) is 5.11 Å². The summed E-state index contributed by atoms with van der Waals surface area (Å²) in [6, 6.07) is 16.8. The average molecular weight is 379 g/mol. The second-order valence-corrected chi connectivity index (χ2v) is 7.23. The molecule has 0 aliphatic rings. The maximum Gasteiger partial charge on any atom is 0.175 e. The molecule has 1 heterocycles. The Bertz CT molecular complexity index is 941. The number of aromatic nitrogens is 2. The number of aryl methyl sites for hydroxylation is 3. The normalized spacial score (nSPS) is 10.7. The standard InChI is InChI=1S/C22H26N4S/c1-5-18-9-11-20(12-10-18)23-22(27)24-21-16(3)25-26(17(21)4)14-19-8-6-7-15(2)13-19/h6-13H,5,14H2,1-4H3,(H2,23,24,27). The van der Waals surface area contributed by atoms with E-state index in [1.807, 2.05) is 23.7 Å². The van der Waals surface area contributed by atoms with Crippen molar-refractivity contribution in [3.63, 3.8) is 0 Å². The zero-order valence-corrected chi connectivity index (χ0v) is 17.2. The smallest absolute Gasteiger partial charge is 0.175 e. The molecule has 0 saturated carbocycles. The summed E-state index contributed by atoms with van der Waals surface area (Å²) in [4.78, 5) is 0. The minimum atomic E-state index is 0.570. The molecule has 0 amide bonds. The summed E-state index contributed by atoms with van der Waals surface area (Å²) in [6.07, 6.45) is 1.03. The van der Waals surface area contributed by atoms with Gasteiger partial charge in [-0.05, 0) is 62.7 Å². The molecule has 5 heteroatoms. The van der Waals surface area contributed by atoms with Crippen LogP contribution in [-0.2, 0) is 13.0 Å². The monoisotopic (exact) mass is 378 g/mol. The van der Waals surface area contributed by atoms with Crippen LogP contribution in [0.2, 0.25) is 0 Å². The van der Waals surface area contributed by atoms with Gasteiger partial charge in [0, 0.05) is 5.69 Å². The van der Waals surface area contributed by atoms with Crippen molar-refractivity contribution < 1.29 is 0 Å². The fraction of sp³-hybridized carbons (Fsp3) is 0.273. The Morgan fingerprint density at radius 3 is 2.41 bits per heavy atom. The van der Waals surface area contributed by atoms with Gasteiger partial charge < -0.3 is 10.6 Å². The lowest BCUT2D eigenvalue weighted by Gasteiger charge is -2.12. The number of rotatable bonds is 5. The molecule has 27 heavy (non-hydrogen) atoms. The third-order valence-corrected chi connectivity index (χ3v) is 4.86. The van der Waals surface area contributed by atoms with Crippen LogP contribution >= 0.6 is 12.2 Å². The van der Waals surface area contributed by atoms with Crippen LogP contribution < -0.4 is 10.6 Å². The van der Waals surface area contributed by atoms with Crippen molar-refractivity contribution in [3.05, 3.63) is 76.6 Å². The Hall–Kier alpha value is -2.66. The van der Waals surface area contributed by atoms with Gasteiger partial charge in [-0.1, -0.05) is 48.9 Å². The third kappa shape index (κ3) is 4.74. The van der Waals surface area contributed by atoms with Gasteiger partial charge in [-0.3, -0.25) is 4.68 Å². The Kier molecular flexibility index (Phi) is 5.91. The lowest BCUT2D eigenvalue weighted by molar-refractivity contribution is 0.659. The highest BCUT2D eigenvalue weighted by molar-refractivity contribution is 7.80. The molecule has 0 bridgehead atoms. The van der Waals surface area contributed by atoms with Crippen LogP contribution in [0.4, 0.5) is 11.4 Å². The number of anilines is 2. The molecule has 2 N–H and O–H groups in total. The SMILES string of the molecule is CCc1ccc(NC(=S)Nc2c(C)nn(Cc3cccc(C)c3)c2C)cc1. The highest BCUT2D eigenvalue weighted by atomic mass is 32.1. The first-order valence-electron chi connectivity index (χ1n) is 9.22. The number of hydrogen-bond donors (Lipinski definition) is 2. The minimum Gasteiger partial charge on any atom is -0.332 e. The molecule has 2 aromatic carbocycles. The van der Waals surface area contributed by atoms with Crippen LogP contribution in [-0.4, -0.2) is 14.9 Å². The second kappa shape index (κ2) is 8.35. The van der Waals surface area contributed by atoms with E-state index in [1.54, 1.807) is 0 Å². The second-order valence-electron chi connectivity index (χ2n) is 6.82. The lowest BCUT2D eigenvalue weighted by atomic mass is 10.1. The summed E-state index contributed by atoms with van der Waals surface area (Å²) < 4.78 is 2.02. The van der Waals surface area contributed by atoms with Gasteiger partial charge in [-0.2, -0.15) is 5.10 Å². The lowest BCUT2D eigenvalue weighted by Crippen LogP contribution is -2.20. The molecule has 3 aromatic rings. The van der Waals surface area contributed by atoms with E-state index in [-0.39, 0.29) is 0 Å². The van der Waals surface area contributed by atoms with Gasteiger partial charge in [0.15, 0.2) is 5.11 Å². The molecular weight excluding hydrogens is 352 g/mol. The zero-order chi connectivity index (χ0) is 19.4. The Balaban J connectivity index is 1.71. The van der Waals surface area contributed by atoms with Crippen molar-refractivity contribution in [2.24, 2.45) is 0 Å². The number of nitrogens with zero attached hydrogens (tertiary/aromatic N) is 2. The molecule has 4 nitrogen and oxygen atoms in total. The molecule has 1 aromatic heterocycles. The van der Waals surface area contributed by atoms with Crippen LogP contribution in [0.3, 0.4) is 0 Å². The van der Waals surface area contributed by atoms with E-state index in [4.69, 9.17) is 12.2 Å². The van der Waals surface area contributed by atoms with Crippen molar-refractivity contribution in [1.82, 2.24) is 9.78 Å². The molecule has 0 unspecified atom stereocenters. The summed E-state index contributed by atoms with van der Waals surface area (Å²) in [5.41, 5.74) is 7.75. The van der Waals surface area contributed by atoms with E-state index in [9.17, 15) is 0 Å². The number of hydrogen-bond acceptors (Lipinski definition) is 2. The number of nitrogens with one attached hydrogen (secondary N) is 2. The third-order valence-electron chi connectivity index (χ3n) is 4.65. The molecule has 3 rings (SSSR count). The first kappa shape index (κ1) is 19.1. The van der Waals surface area contributed by atoms with Crippen LogP contribution in [0.15, 0.2) is 48.5 Å². The molecule has 0 aliphatic carbocycles. The van der Waals surface area contributed by atoms with E-state index in [0.717, 1.165) is 35.7 Å². The number of thiocarbonyl (C=S) groups is 1. The molecule has 0 radical (unpaired) electrons. The topological polar surface area (TPSA) is 41.9 Å². The van der Waals surface area contributed by atoms with Crippen molar-refractivity contribution in [2.75, 3.05) is 10.6 Å². The molecule has 140 valence electrons. The summed E-state index contributed by atoms with van der Waals surface area (Å²) in [6.45, 7) is 9.07. The molecule has 0 fully saturated rings. The largest absolute Gasteiger partial charge is 0.332 e. The van der Waals surface area contributed by atoms with E-state index in [1.165, 1.54) is 16.7 Å². The first-order valence-corrected chi connectivity index (χ1v) is 9.63. The first-order chi connectivity index (χ1) is 13.0. The van der Waals surface area contributed by atoms with E-state index < -0.39 is 0 Å². The maximum atomic E-state index is 5.50. The van der Waals surface area contributed by atoms with Gasteiger partial charge in [0.1, 0.15) is 0 Å². The van der Waals surface area contributed by atoms with Crippen LogP contribution in [0.5, 0.6) is 0 Å². The van der Waals surface area contributed by atoms with Crippen molar-refractivity contribution in [2.45, 2.75) is 40.7 Å². The molecule has 0 atom stereocenters. The minimum absolute atomic E-state index is 0.570. The highest BCUT2D eigenvalue weighted by Crippen LogP contribution is 2.21. The van der Waals surface area contributed by atoms with Crippen molar-refractivity contribution in [1.29, 1.82) is 0 Å². The predicted octanol–water partition coefficient (Wildman–Crippen LogP) is 5.23. The zero-order valence-electron chi connectivity index (χ0n) is 16.3. The van der Waals surface area contributed by atoms with Gasteiger partial charge in [0.25, 0.3) is 0 Å². The molecule has 0 spiro atoms. The average Bonchev–Trinajstić information content (AvgIpc) is 2.90. The quantitative estimate of drug-likeness (QED) is 0.597. The summed E-state index contributed by atoms with van der Waals surface area (Å²) >= 11 is 5.50. The highest BCUT2D eigenvalue weighted by Gasteiger charge is 2.13. The van der Waals surface area contributed by atoms with E-state index in [2.05, 4.69) is 72.9 Å². The Morgan fingerprint density at radius 1 is 1.00 bits per heavy atom. The van der Waals surface area contributed by atoms with Gasteiger partial charge in [0.05, 0.1) is 23.6 Å². The fourth-order valence-corrected chi connectivity index (χ4v) is 3.33. The molecule has 0 aliphatic heterocycles. The van der Waals surface area contributed by atoms with Gasteiger partial charge in [0.2, 0.25) is 0 Å². The van der Waals surface area contributed by atoms with Crippen LogP contribution in [0, 0.1) is 20.8 Å². The Morgan fingerprint density at radius 2 is 1.74 bits per heavy atom. The van der Waals surface area contributed by atoms with Crippen LogP contribution in [0.1, 0.15) is 35.0 Å². The Labute approximate surface area is 166 Å². The van der Waals surface area contributed by atoms with Gasteiger partial charge in [-0.15, -0.1) is 0 Å². The predicted molar refractivity (Wildman–Crippen MR) is 118 cm³/mol. The van der Waals surface area contributed by atoms with Crippen LogP contribution in [0.25, 0.3) is 0 Å².